The zero-order valence-electron chi connectivity index (χ0n) is 16.5. The normalized spacial score (nSPS) is 17.6. The number of rotatable bonds is 3. The molecule has 3 rings (SSSR count). The van der Waals surface area contributed by atoms with Crippen LogP contribution in [0.5, 0.6) is 0 Å². The van der Waals surface area contributed by atoms with Gasteiger partial charge in [-0.25, -0.2) is 0 Å². The maximum atomic E-state index is 12.8. The highest BCUT2D eigenvalue weighted by atomic mass is 16.4. The highest BCUT2D eigenvalue weighted by Gasteiger charge is 2.29. The molecule has 1 unspecified atom stereocenters. The Labute approximate surface area is 160 Å². The zero-order valence-corrected chi connectivity index (χ0v) is 16.5. The molecule has 0 saturated carbocycles. The number of furan rings is 1. The van der Waals surface area contributed by atoms with Crippen molar-refractivity contribution >= 4 is 11.8 Å². The topological polar surface area (TPSA) is 62.6 Å². The number of piperidine rings is 1. The average Bonchev–Trinajstić information content (AvgIpc) is 3.16. The van der Waals surface area contributed by atoms with Gasteiger partial charge >= 0.3 is 0 Å². The van der Waals surface area contributed by atoms with E-state index in [1.54, 1.807) is 18.0 Å². The van der Waals surface area contributed by atoms with E-state index in [1.807, 2.05) is 18.2 Å². The molecular weight excluding hydrogens is 340 g/mol. The first-order chi connectivity index (χ1) is 12.8. The molecule has 0 radical (unpaired) electrons. The van der Waals surface area contributed by atoms with Crippen molar-refractivity contribution in [1.82, 2.24) is 10.2 Å². The van der Waals surface area contributed by atoms with E-state index in [1.165, 1.54) is 5.56 Å². The third-order valence-electron chi connectivity index (χ3n) is 5.18. The standard InChI is InChI=1S/C22H28N2O3/c1-22(2,3)17-9-7-15(8-10-17)18-11-12-19(27-18)21(26)24-13-5-6-16(14-24)20(25)23-4/h7-12,16H,5-6,13-14H2,1-4H3,(H,23,25). The average molecular weight is 368 g/mol. The molecule has 0 aliphatic carbocycles. The van der Waals surface area contributed by atoms with Crippen LogP contribution in [0.15, 0.2) is 40.8 Å². The largest absolute Gasteiger partial charge is 0.451 e. The summed E-state index contributed by atoms with van der Waals surface area (Å²) in [5.74, 6) is 0.695. The molecule has 144 valence electrons. The molecule has 0 bridgehead atoms. The molecule has 1 N–H and O–H groups in total. The predicted octanol–water partition coefficient (Wildman–Crippen LogP) is 3.84. The Balaban J connectivity index is 1.73. The minimum Gasteiger partial charge on any atom is -0.451 e. The molecule has 1 fully saturated rings. The van der Waals surface area contributed by atoms with E-state index in [-0.39, 0.29) is 23.1 Å². The van der Waals surface area contributed by atoms with Crippen molar-refractivity contribution in [3.8, 4) is 11.3 Å². The maximum absolute atomic E-state index is 12.8. The van der Waals surface area contributed by atoms with Crippen LogP contribution < -0.4 is 5.32 Å². The van der Waals surface area contributed by atoms with Gasteiger partial charge in [-0.3, -0.25) is 9.59 Å². The molecule has 1 saturated heterocycles. The van der Waals surface area contributed by atoms with Crippen LogP contribution in [0.4, 0.5) is 0 Å². The monoisotopic (exact) mass is 368 g/mol. The molecule has 1 aliphatic rings. The first kappa shape index (κ1) is 19.2. The van der Waals surface area contributed by atoms with Gasteiger partial charge in [0.15, 0.2) is 5.76 Å². The van der Waals surface area contributed by atoms with Gasteiger partial charge < -0.3 is 14.6 Å². The summed E-state index contributed by atoms with van der Waals surface area (Å²) in [6.07, 6.45) is 1.64. The number of amides is 2. The van der Waals surface area contributed by atoms with E-state index in [2.05, 4.69) is 38.2 Å². The second kappa shape index (κ2) is 7.59. The summed E-state index contributed by atoms with van der Waals surface area (Å²) >= 11 is 0. The first-order valence-corrected chi connectivity index (χ1v) is 9.51. The lowest BCUT2D eigenvalue weighted by Gasteiger charge is -2.31. The molecule has 27 heavy (non-hydrogen) atoms. The number of nitrogens with one attached hydrogen (secondary N) is 1. The molecular formula is C22H28N2O3. The van der Waals surface area contributed by atoms with Gasteiger partial charge in [0.1, 0.15) is 5.76 Å². The fraction of sp³-hybridized carbons (Fsp3) is 0.455. The highest BCUT2D eigenvalue weighted by Crippen LogP contribution is 2.28. The first-order valence-electron chi connectivity index (χ1n) is 9.51. The lowest BCUT2D eigenvalue weighted by atomic mass is 9.86. The zero-order chi connectivity index (χ0) is 19.6. The van der Waals surface area contributed by atoms with Crippen LogP contribution in [0.25, 0.3) is 11.3 Å². The van der Waals surface area contributed by atoms with Crippen LogP contribution in [-0.2, 0) is 10.2 Å². The molecule has 2 heterocycles. The second-order valence-corrected chi connectivity index (χ2v) is 8.20. The Morgan fingerprint density at radius 2 is 1.81 bits per heavy atom. The summed E-state index contributed by atoms with van der Waals surface area (Å²) < 4.78 is 5.84. The van der Waals surface area contributed by atoms with Crippen LogP contribution in [0.1, 0.15) is 49.7 Å². The molecule has 1 atom stereocenters. The van der Waals surface area contributed by atoms with E-state index >= 15 is 0 Å². The van der Waals surface area contributed by atoms with E-state index < -0.39 is 0 Å². The van der Waals surface area contributed by atoms with Crippen molar-refractivity contribution in [3.63, 3.8) is 0 Å². The van der Waals surface area contributed by atoms with Crippen molar-refractivity contribution in [3.05, 3.63) is 47.7 Å². The molecule has 2 amide bonds. The molecule has 1 aromatic heterocycles. The molecule has 1 aromatic carbocycles. The van der Waals surface area contributed by atoms with Gasteiger partial charge in [0.25, 0.3) is 5.91 Å². The summed E-state index contributed by atoms with van der Waals surface area (Å²) in [5, 5.41) is 2.67. The van der Waals surface area contributed by atoms with E-state index in [9.17, 15) is 9.59 Å². The quantitative estimate of drug-likeness (QED) is 0.895. The Hall–Kier alpha value is -2.56. The van der Waals surface area contributed by atoms with Crippen molar-refractivity contribution in [1.29, 1.82) is 0 Å². The smallest absolute Gasteiger partial charge is 0.289 e. The summed E-state index contributed by atoms with van der Waals surface area (Å²) in [4.78, 5) is 26.4. The van der Waals surface area contributed by atoms with Crippen LogP contribution in [0.3, 0.4) is 0 Å². The number of benzene rings is 1. The Morgan fingerprint density at radius 3 is 2.44 bits per heavy atom. The van der Waals surface area contributed by atoms with Crippen molar-refractivity contribution in [2.24, 2.45) is 5.92 Å². The summed E-state index contributed by atoms with van der Waals surface area (Å²) in [5.41, 5.74) is 2.30. The molecule has 0 spiro atoms. The van der Waals surface area contributed by atoms with E-state index in [0.717, 1.165) is 18.4 Å². The third kappa shape index (κ3) is 4.24. The fourth-order valence-electron chi connectivity index (χ4n) is 3.48. The van der Waals surface area contributed by atoms with Gasteiger partial charge in [-0.15, -0.1) is 0 Å². The SMILES string of the molecule is CNC(=O)C1CCCN(C(=O)c2ccc(-c3ccc(C(C)(C)C)cc3)o2)C1. The molecule has 2 aromatic rings. The second-order valence-electron chi connectivity index (χ2n) is 8.20. The lowest BCUT2D eigenvalue weighted by molar-refractivity contribution is -0.125. The molecule has 1 aliphatic heterocycles. The number of carbonyl (C=O) groups is 2. The van der Waals surface area contributed by atoms with Crippen LogP contribution in [0, 0.1) is 5.92 Å². The van der Waals surface area contributed by atoms with Gasteiger partial charge in [-0.2, -0.15) is 0 Å². The van der Waals surface area contributed by atoms with Crippen molar-refractivity contribution in [2.75, 3.05) is 20.1 Å². The van der Waals surface area contributed by atoms with Crippen molar-refractivity contribution < 1.29 is 14.0 Å². The minimum absolute atomic E-state index is 0.00780. The van der Waals surface area contributed by atoms with Gasteiger partial charge in [0.2, 0.25) is 5.91 Å². The number of carbonyl (C=O) groups excluding carboxylic acids is 2. The summed E-state index contributed by atoms with van der Waals surface area (Å²) in [7, 11) is 1.63. The summed E-state index contributed by atoms with van der Waals surface area (Å²) in [6.45, 7) is 7.63. The minimum atomic E-state index is -0.152. The van der Waals surface area contributed by atoms with Crippen molar-refractivity contribution in [2.45, 2.75) is 39.0 Å². The van der Waals surface area contributed by atoms with E-state index in [0.29, 0.717) is 24.6 Å². The fourth-order valence-corrected chi connectivity index (χ4v) is 3.48. The van der Waals surface area contributed by atoms with Gasteiger partial charge in [-0.05, 0) is 36.0 Å². The Bertz CT molecular complexity index is 815. The third-order valence-corrected chi connectivity index (χ3v) is 5.18. The number of hydrogen-bond acceptors (Lipinski definition) is 3. The van der Waals surface area contributed by atoms with Gasteiger partial charge in [0, 0.05) is 25.7 Å². The van der Waals surface area contributed by atoms with Crippen LogP contribution in [0.2, 0.25) is 0 Å². The lowest BCUT2D eigenvalue weighted by Crippen LogP contribution is -2.44. The van der Waals surface area contributed by atoms with Crippen LogP contribution >= 0.6 is 0 Å². The number of hydrogen-bond donors (Lipinski definition) is 1. The van der Waals surface area contributed by atoms with Gasteiger partial charge in [-0.1, -0.05) is 45.0 Å². The molecule has 5 heteroatoms. The van der Waals surface area contributed by atoms with E-state index in [4.69, 9.17) is 4.42 Å². The Kier molecular flexibility index (Phi) is 5.40. The molecule has 5 nitrogen and oxygen atoms in total. The summed E-state index contributed by atoms with van der Waals surface area (Å²) in [6, 6.07) is 11.8. The predicted molar refractivity (Wildman–Crippen MR) is 106 cm³/mol. The maximum Gasteiger partial charge on any atom is 0.289 e. The Morgan fingerprint density at radius 1 is 1.11 bits per heavy atom. The number of likely N-dealkylation sites (tertiary alicyclic amines) is 1. The highest BCUT2D eigenvalue weighted by molar-refractivity contribution is 5.92. The van der Waals surface area contributed by atoms with Gasteiger partial charge in [0.05, 0.1) is 5.92 Å². The number of nitrogens with zero attached hydrogens (tertiary/aromatic N) is 1. The van der Waals surface area contributed by atoms with Crippen LogP contribution in [-0.4, -0.2) is 36.9 Å².